The van der Waals surface area contributed by atoms with Gasteiger partial charge in [-0.15, -0.1) is 0 Å². The van der Waals surface area contributed by atoms with Crippen LogP contribution in [0.5, 0.6) is 0 Å². The van der Waals surface area contributed by atoms with E-state index in [9.17, 15) is 0 Å². The summed E-state index contributed by atoms with van der Waals surface area (Å²) in [5.74, 6) is -0.619. The smallest absolute Gasteiger partial charge is 0.160 e. The standard InChI is InChI=1S/C74H58F2N2OSi/c1-73(2,3)49-29-31-51(32-30-49)78(54-36-41-57(67(76)45-54)48-21-11-8-12-22-48)68-46-65-70(71-61-25-15-18-28-69(61)79-72(68)71)60-42-37-52(43-64(60)74(65)62-26-16-13-23-58(62)59-24-14-17-27-63(59)74)77(50-33-38-55(39-34-50)80(4,5)6)53-35-40-56(66(75)44-53)47-19-9-7-10-20-47/h7-46H,1-6H3. The highest BCUT2D eigenvalue weighted by atomic mass is 28.3. The van der Waals surface area contributed by atoms with Crippen molar-refractivity contribution in [1.29, 1.82) is 0 Å². The molecule has 0 amide bonds. The van der Waals surface area contributed by atoms with Gasteiger partial charge in [0.25, 0.3) is 0 Å². The molecule has 0 aliphatic heterocycles. The zero-order valence-electron chi connectivity index (χ0n) is 45.7. The second-order valence-corrected chi connectivity index (χ2v) is 28.6. The number of furan rings is 1. The predicted octanol–water partition coefficient (Wildman–Crippen LogP) is 20.3. The first-order valence-electron chi connectivity index (χ1n) is 27.6. The third-order valence-corrected chi connectivity index (χ3v) is 18.8. The average molecular weight is 1060 g/mol. The molecule has 0 saturated heterocycles. The Labute approximate surface area is 467 Å². The van der Waals surface area contributed by atoms with Crippen molar-refractivity contribution in [2.45, 2.75) is 51.2 Å². The number of anilines is 6. The van der Waals surface area contributed by atoms with Crippen LogP contribution in [0.15, 0.2) is 247 Å². The van der Waals surface area contributed by atoms with Gasteiger partial charge >= 0.3 is 0 Å². The van der Waals surface area contributed by atoms with Gasteiger partial charge in [-0.05, 0) is 152 Å². The molecule has 1 spiro atoms. The highest BCUT2D eigenvalue weighted by Gasteiger charge is 2.53. The van der Waals surface area contributed by atoms with Gasteiger partial charge in [-0.3, -0.25) is 0 Å². The molecule has 1 aromatic heterocycles. The number of halogens is 2. The highest BCUT2D eigenvalue weighted by molar-refractivity contribution is 6.88. The van der Waals surface area contributed by atoms with E-state index in [0.29, 0.717) is 28.1 Å². The number of hydrogen-bond donors (Lipinski definition) is 0. The Morgan fingerprint density at radius 2 is 0.887 bits per heavy atom. The molecule has 0 atom stereocenters. The van der Waals surface area contributed by atoms with Crippen molar-refractivity contribution < 1.29 is 13.2 Å². The van der Waals surface area contributed by atoms with Crippen LogP contribution in [0.4, 0.5) is 42.9 Å². The van der Waals surface area contributed by atoms with E-state index in [4.69, 9.17) is 4.42 Å². The lowest BCUT2D eigenvalue weighted by Crippen LogP contribution is -2.37. The Bertz CT molecular complexity index is 4350. The van der Waals surface area contributed by atoms with E-state index in [1.165, 1.54) is 21.9 Å². The number of fused-ring (bicyclic) bond motifs is 14. The van der Waals surface area contributed by atoms with Crippen molar-refractivity contribution in [3.05, 3.63) is 282 Å². The number of rotatable bonds is 9. The van der Waals surface area contributed by atoms with Crippen molar-refractivity contribution in [2.24, 2.45) is 0 Å². The van der Waals surface area contributed by atoms with Gasteiger partial charge < -0.3 is 14.2 Å². The summed E-state index contributed by atoms with van der Waals surface area (Å²) in [6.07, 6.45) is 0. The Balaban J connectivity index is 1.07. The normalized spacial score (nSPS) is 13.1. The fraction of sp³-hybridized carbons (Fsp3) is 0.108. The molecule has 0 bridgehead atoms. The van der Waals surface area contributed by atoms with Gasteiger partial charge in [0.1, 0.15) is 17.2 Å². The van der Waals surface area contributed by atoms with Gasteiger partial charge in [-0.1, -0.05) is 203 Å². The molecule has 12 aromatic rings. The monoisotopic (exact) mass is 1060 g/mol. The molecular weight excluding hydrogens is 999 g/mol. The second kappa shape index (κ2) is 18.5. The van der Waals surface area contributed by atoms with E-state index < -0.39 is 13.5 Å². The number of benzene rings is 11. The minimum Gasteiger partial charge on any atom is -0.454 e. The SMILES string of the molecule is CC(C)(C)c1ccc(N(c2ccc(-c3ccccc3)c(F)c2)c2cc3c(c4c2oc2ccccc24)-c2ccc(N(c4ccc([Si](C)(C)C)cc4)c4ccc(-c5ccccc5)c(F)c4)cc2C32c3ccccc3-c3ccccc32)cc1. The van der Waals surface area contributed by atoms with E-state index in [2.05, 4.69) is 184 Å². The fourth-order valence-corrected chi connectivity index (χ4v) is 14.0. The summed E-state index contributed by atoms with van der Waals surface area (Å²) in [7, 11) is -1.67. The first kappa shape index (κ1) is 49.2. The Morgan fingerprint density at radius 1 is 0.412 bits per heavy atom. The van der Waals surface area contributed by atoms with Gasteiger partial charge in [0.05, 0.1) is 19.2 Å². The van der Waals surface area contributed by atoms with Gasteiger partial charge in [-0.25, -0.2) is 8.78 Å². The molecule has 80 heavy (non-hydrogen) atoms. The third kappa shape index (κ3) is 7.72. The largest absolute Gasteiger partial charge is 0.454 e. The van der Waals surface area contributed by atoms with Crippen LogP contribution >= 0.6 is 0 Å². The van der Waals surface area contributed by atoms with Crippen LogP contribution in [0.3, 0.4) is 0 Å². The topological polar surface area (TPSA) is 19.6 Å². The van der Waals surface area contributed by atoms with Crippen molar-refractivity contribution in [3.8, 4) is 44.5 Å². The third-order valence-electron chi connectivity index (χ3n) is 16.7. The molecule has 388 valence electrons. The summed E-state index contributed by atoms with van der Waals surface area (Å²) >= 11 is 0. The fourth-order valence-electron chi connectivity index (χ4n) is 12.9. The maximum Gasteiger partial charge on any atom is 0.160 e. The zero-order chi connectivity index (χ0) is 54.7. The maximum absolute atomic E-state index is 17.1. The van der Waals surface area contributed by atoms with Crippen LogP contribution in [0.2, 0.25) is 19.6 Å². The first-order valence-corrected chi connectivity index (χ1v) is 31.1. The van der Waals surface area contributed by atoms with Gasteiger partial charge in [0, 0.05) is 50.3 Å². The first-order chi connectivity index (χ1) is 38.8. The summed E-state index contributed by atoms with van der Waals surface area (Å²) in [6.45, 7) is 13.7. The molecule has 11 aromatic carbocycles. The summed E-state index contributed by atoms with van der Waals surface area (Å²) in [6, 6.07) is 83.4. The molecule has 14 rings (SSSR count). The summed E-state index contributed by atoms with van der Waals surface area (Å²) in [5, 5.41) is 3.31. The highest BCUT2D eigenvalue weighted by Crippen LogP contribution is 2.66. The van der Waals surface area contributed by atoms with Gasteiger partial charge in [0.2, 0.25) is 0 Å². The van der Waals surface area contributed by atoms with Gasteiger partial charge in [-0.2, -0.15) is 0 Å². The van der Waals surface area contributed by atoms with Crippen LogP contribution in [0.1, 0.15) is 48.6 Å². The molecule has 2 aliphatic rings. The van der Waals surface area contributed by atoms with Crippen LogP contribution in [0.25, 0.3) is 66.4 Å². The predicted molar refractivity (Wildman–Crippen MR) is 332 cm³/mol. The summed E-state index contributed by atoms with van der Waals surface area (Å²) in [4.78, 5) is 4.39. The Hall–Kier alpha value is -9.10. The second-order valence-electron chi connectivity index (χ2n) is 23.5. The Morgan fingerprint density at radius 3 is 1.45 bits per heavy atom. The van der Waals surface area contributed by atoms with E-state index in [1.54, 1.807) is 12.1 Å². The minimum absolute atomic E-state index is 0.0978. The van der Waals surface area contributed by atoms with E-state index in [-0.39, 0.29) is 17.0 Å². The van der Waals surface area contributed by atoms with Crippen molar-refractivity contribution in [3.63, 3.8) is 0 Å². The molecule has 0 fully saturated rings. The van der Waals surface area contributed by atoms with E-state index >= 15 is 8.78 Å². The zero-order valence-corrected chi connectivity index (χ0v) is 46.7. The lowest BCUT2D eigenvalue weighted by Gasteiger charge is -2.33. The van der Waals surface area contributed by atoms with Crippen molar-refractivity contribution in [2.75, 3.05) is 9.80 Å². The van der Waals surface area contributed by atoms with Crippen LogP contribution in [0, 0.1) is 11.6 Å². The van der Waals surface area contributed by atoms with E-state index in [1.807, 2.05) is 97.1 Å². The number of nitrogens with zero attached hydrogens (tertiary/aromatic N) is 2. The van der Waals surface area contributed by atoms with Crippen molar-refractivity contribution in [1.82, 2.24) is 0 Å². The average Bonchev–Trinajstić information content (AvgIpc) is 4.32. The molecule has 2 aliphatic carbocycles. The molecular formula is C74H58F2N2OSi. The quantitative estimate of drug-likeness (QED) is 0.134. The summed E-state index contributed by atoms with van der Waals surface area (Å²) < 4.78 is 41.1. The molecule has 0 unspecified atom stereocenters. The Kier molecular flexibility index (Phi) is 11.4. The number of hydrogen-bond acceptors (Lipinski definition) is 3. The number of para-hydroxylation sites is 1. The van der Waals surface area contributed by atoms with Crippen LogP contribution < -0.4 is 15.0 Å². The molecule has 3 nitrogen and oxygen atoms in total. The molecule has 0 N–H and O–H groups in total. The van der Waals surface area contributed by atoms with E-state index in [0.717, 1.165) is 83.6 Å². The minimum atomic E-state index is -1.67. The van der Waals surface area contributed by atoms with Gasteiger partial charge in [0.15, 0.2) is 5.58 Å². The lowest BCUT2D eigenvalue weighted by molar-refractivity contribution is 0.590. The molecule has 0 saturated carbocycles. The molecule has 0 radical (unpaired) electrons. The van der Waals surface area contributed by atoms with Crippen LogP contribution in [-0.2, 0) is 10.8 Å². The van der Waals surface area contributed by atoms with Crippen LogP contribution in [-0.4, -0.2) is 8.07 Å². The summed E-state index contributed by atoms with van der Waals surface area (Å²) in [5.41, 5.74) is 18.3. The molecule has 1 heterocycles. The lowest BCUT2D eigenvalue weighted by atomic mass is 9.70. The van der Waals surface area contributed by atoms with Crippen molar-refractivity contribution >= 4 is 69.3 Å². The maximum atomic E-state index is 17.1. The molecule has 6 heteroatoms.